The van der Waals surface area contributed by atoms with Gasteiger partial charge in [-0.3, -0.25) is 9.97 Å². The van der Waals surface area contributed by atoms with Gasteiger partial charge in [0.2, 0.25) is 0 Å². The van der Waals surface area contributed by atoms with Gasteiger partial charge in [0, 0.05) is 35.1 Å². The number of benzene rings is 1. The van der Waals surface area contributed by atoms with Crippen LogP contribution in [-0.4, -0.2) is 9.97 Å². The van der Waals surface area contributed by atoms with Crippen LogP contribution in [0.4, 0.5) is 5.69 Å². The number of pyridine rings is 2. The Balaban J connectivity index is 2.10. The maximum absolute atomic E-state index is 5.91. The van der Waals surface area contributed by atoms with E-state index in [2.05, 4.69) is 9.97 Å². The van der Waals surface area contributed by atoms with Crippen molar-refractivity contribution in [2.24, 2.45) is 0 Å². The van der Waals surface area contributed by atoms with Crippen molar-refractivity contribution in [1.29, 1.82) is 0 Å². The Morgan fingerprint density at radius 3 is 2.61 bits per heavy atom. The molecule has 2 heterocycles. The van der Waals surface area contributed by atoms with Gasteiger partial charge in [0.05, 0.1) is 6.20 Å². The Kier molecular flexibility index (Phi) is 2.53. The Hall–Kier alpha value is -2.62. The molecule has 2 aromatic heterocycles. The van der Waals surface area contributed by atoms with Crippen LogP contribution in [0, 0.1) is 0 Å². The van der Waals surface area contributed by atoms with Crippen LogP contribution in [0.3, 0.4) is 0 Å². The van der Waals surface area contributed by atoms with Gasteiger partial charge in [-0.2, -0.15) is 0 Å². The van der Waals surface area contributed by atoms with Crippen molar-refractivity contribution in [3.8, 4) is 11.5 Å². The molecule has 0 aliphatic carbocycles. The summed E-state index contributed by atoms with van der Waals surface area (Å²) in [4.78, 5) is 8.09. The zero-order valence-electron chi connectivity index (χ0n) is 9.58. The second-order valence-corrected chi connectivity index (χ2v) is 3.86. The van der Waals surface area contributed by atoms with Crippen LogP contribution in [0.5, 0.6) is 11.5 Å². The van der Waals surface area contributed by atoms with Crippen molar-refractivity contribution in [2.75, 3.05) is 5.73 Å². The molecule has 0 aliphatic heterocycles. The second kappa shape index (κ2) is 4.33. The summed E-state index contributed by atoms with van der Waals surface area (Å²) >= 11 is 0. The molecule has 0 spiro atoms. The smallest absolute Gasteiger partial charge is 0.145 e. The lowest BCUT2D eigenvalue weighted by molar-refractivity contribution is 0.486. The predicted molar refractivity (Wildman–Crippen MR) is 70.5 cm³/mol. The molecule has 0 fully saturated rings. The highest BCUT2D eigenvalue weighted by Gasteiger charge is 2.06. The maximum Gasteiger partial charge on any atom is 0.145 e. The highest BCUT2D eigenvalue weighted by molar-refractivity contribution is 5.96. The molecular formula is C14H11N3O. The molecular weight excluding hydrogens is 226 g/mol. The molecule has 0 saturated heterocycles. The summed E-state index contributed by atoms with van der Waals surface area (Å²) in [7, 11) is 0. The first-order chi connectivity index (χ1) is 8.84. The van der Waals surface area contributed by atoms with E-state index in [4.69, 9.17) is 10.5 Å². The van der Waals surface area contributed by atoms with Gasteiger partial charge in [0.15, 0.2) is 0 Å². The minimum absolute atomic E-state index is 0.691. The lowest BCUT2D eigenvalue weighted by atomic mass is 10.1. The van der Waals surface area contributed by atoms with Gasteiger partial charge in [-0.1, -0.05) is 0 Å². The number of fused-ring (bicyclic) bond motifs is 1. The minimum atomic E-state index is 0.691. The zero-order chi connectivity index (χ0) is 12.4. The number of hydrogen-bond donors (Lipinski definition) is 1. The predicted octanol–water partition coefficient (Wildman–Crippen LogP) is 3.00. The first-order valence-corrected chi connectivity index (χ1v) is 5.55. The van der Waals surface area contributed by atoms with Gasteiger partial charge in [0.1, 0.15) is 11.5 Å². The standard InChI is InChI=1S/C14H11N3O/c15-13-3-4-14(11-5-7-17-9-12(11)13)18-10-2-1-6-16-8-10/h1-9H,15H2. The van der Waals surface area contributed by atoms with Crippen molar-refractivity contribution < 1.29 is 4.74 Å². The number of nitrogens with two attached hydrogens (primary N) is 1. The molecule has 0 atom stereocenters. The third-order valence-corrected chi connectivity index (χ3v) is 2.67. The van der Waals surface area contributed by atoms with Gasteiger partial charge >= 0.3 is 0 Å². The van der Waals surface area contributed by atoms with Crippen molar-refractivity contribution >= 4 is 16.5 Å². The van der Waals surface area contributed by atoms with Gasteiger partial charge < -0.3 is 10.5 Å². The fraction of sp³-hybridized carbons (Fsp3) is 0. The molecule has 3 rings (SSSR count). The molecule has 18 heavy (non-hydrogen) atoms. The first-order valence-electron chi connectivity index (χ1n) is 5.55. The van der Waals surface area contributed by atoms with E-state index in [0.717, 1.165) is 16.5 Å². The Bertz CT molecular complexity index is 683. The van der Waals surface area contributed by atoms with E-state index in [1.807, 2.05) is 30.3 Å². The van der Waals surface area contributed by atoms with E-state index >= 15 is 0 Å². The van der Waals surface area contributed by atoms with E-state index in [9.17, 15) is 0 Å². The largest absolute Gasteiger partial charge is 0.455 e. The molecule has 4 heteroatoms. The van der Waals surface area contributed by atoms with E-state index in [1.54, 1.807) is 24.8 Å². The molecule has 0 bridgehead atoms. The van der Waals surface area contributed by atoms with Gasteiger partial charge in [-0.05, 0) is 30.3 Å². The molecule has 88 valence electrons. The summed E-state index contributed by atoms with van der Waals surface area (Å²) in [6.07, 6.45) is 6.83. The Morgan fingerprint density at radius 1 is 0.889 bits per heavy atom. The number of rotatable bonds is 2. The van der Waals surface area contributed by atoms with Crippen LogP contribution in [-0.2, 0) is 0 Å². The van der Waals surface area contributed by atoms with Crippen LogP contribution < -0.4 is 10.5 Å². The topological polar surface area (TPSA) is 61.0 Å². The third-order valence-electron chi connectivity index (χ3n) is 2.67. The average Bonchev–Trinajstić information content (AvgIpc) is 2.44. The van der Waals surface area contributed by atoms with Crippen LogP contribution in [0.2, 0.25) is 0 Å². The van der Waals surface area contributed by atoms with Crippen molar-refractivity contribution in [1.82, 2.24) is 9.97 Å². The highest BCUT2D eigenvalue weighted by Crippen LogP contribution is 2.32. The molecule has 2 N–H and O–H groups in total. The number of anilines is 1. The van der Waals surface area contributed by atoms with Gasteiger partial charge in [0.25, 0.3) is 0 Å². The van der Waals surface area contributed by atoms with Crippen LogP contribution in [0.1, 0.15) is 0 Å². The monoisotopic (exact) mass is 237 g/mol. The van der Waals surface area contributed by atoms with E-state index in [1.165, 1.54) is 0 Å². The normalized spacial score (nSPS) is 10.4. The van der Waals surface area contributed by atoms with Crippen molar-refractivity contribution in [2.45, 2.75) is 0 Å². The van der Waals surface area contributed by atoms with Gasteiger partial charge in [-0.25, -0.2) is 0 Å². The average molecular weight is 237 g/mol. The van der Waals surface area contributed by atoms with Gasteiger partial charge in [-0.15, -0.1) is 0 Å². The van der Waals surface area contributed by atoms with Crippen LogP contribution >= 0.6 is 0 Å². The SMILES string of the molecule is Nc1ccc(Oc2cccnc2)c2ccncc12. The van der Waals surface area contributed by atoms with E-state index in [0.29, 0.717) is 11.4 Å². The minimum Gasteiger partial charge on any atom is -0.455 e. The number of nitrogens with zero attached hydrogens (tertiary/aromatic N) is 2. The lowest BCUT2D eigenvalue weighted by Crippen LogP contribution is -1.91. The Morgan fingerprint density at radius 2 is 1.78 bits per heavy atom. The number of hydrogen-bond acceptors (Lipinski definition) is 4. The fourth-order valence-corrected chi connectivity index (χ4v) is 1.81. The fourth-order valence-electron chi connectivity index (χ4n) is 1.81. The molecule has 1 aromatic carbocycles. The Labute approximate surface area is 104 Å². The summed E-state index contributed by atoms with van der Waals surface area (Å²) in [5.74, 6) is 1.44. The van der Waals surface area contributed by atoms with E-state index < -0.39 is 0 Å². The molecule has 3 aromatic rings. The number of nitrogen functional groups attached to an aromatic ring is 1. The van der Waals surface area contributed by atoms with Crippen molar-refractivity contribution in [3.05, 3.63) is 55.1 Å². The summed E-state index contributed by atoms with van der Waals surface area (Å²) in [6, 6.07) is 9.24. The maximum atomic E-state index is 5.91. The van der Waals surface area contributed by atoms with E-state index in [-0.39, 0.29) is 0 Å². The molecule has 0 unspecified atom stereocenters. The second-order valence-electron chi connectivity index (χ2n) is 3.86. The van der Waals surface area contributed by atoms with Crippen LogP contribution in [0.15, 0.2) is 55.1 Å². The molecule has 0 aliphatic rings. The van der Waals surface area contributed by atoms with Crippen molar-refractivity contribution in [3.63, 3.8) is 0 Å². The molecule has 0 amide bonds. The summed E-state index contributed by atoms with van der Waals surface area (Å²) in [5, 5.41) is 1.83. The first kappa shape index (κ1) is 10.5. The number of ether oxygens (including phenoxy) is 1. The lowest BCUT2D eigenvalue weighted by Gasteiger charge is -2.09. The third kappa shape index (κ3) is 1.84. The quantitative estimate of drug-likeness (QED) is 0.696. The summed E-state index contributed by atoms with van der Waals surface area (Å²) < 4.78 is 5.80. The zero-order valence-corrected chi connectivity index (χ0v) is 9.58. The summed E-state index contributed by atoms with van der Waals surface area (Å²) in [5.41, 5.74) is 6.60. The molecule has 4 nitrogen and oxygen atoms in total. The molecule has 0 radical (unpaired) electrons. The van der Waals surface area contributed by atoms with Crippen LogP contribution in [0.25, 0.3) is 10.8 Å². The summed E-state index contributed by atoms with van der Waals surface area (Å²) in [6.45, 7) is 0. The number of aromatic nitrogens is 2. The molecule has 0 saturated carbocycles. The highest BCUT2D eigenvalue weighted by atomic mass is 16.5.